The molecule has 2 aliphatic rings. The quantitative estimate of drug-likeness (QED) is 0.792. The van der Waals surface area contributed by atoms with Gasteiger partial charge in [0.2, 0.25) is 0 Å². The molecule has 2 rings (SSSR count). The highest BCUT2D eigenvalue weighted by Gasteiger charge is 2.36. The highest BCUT2D eigenvalue weighted by atomic mass is 15.2. The van der Waals surface area contributed by atoms with Gasteiger partial charge in [0.15, 0.2) is 0 Å². The van der Waals surface area contributed by atoms with Crippen molar-refractivity contribution in [3.8, 4) is 0 Å². The largest absolute Gasteiger partial charge is 0.314 e. The van der Waals surface area contributed by atoms with E-state index in [9.17, 15) is 0 Å². The van der Waals surface area contributed by atoms with E-state index in [1.54, 1.807) is 0 Å². The highest BCUT2D eigenvalue weighted by Crippen LogP contribution is 2.34. The molecular weight excluding hydrogens is 208 g/mol. The van der Waals surface area contributed by atoms with Crippen LogP contribution in [-0.4, -0.2) is 36.6 Å². The summed E-state index contributed by atoms with van der Waals surface area (Å²) in [6, 6.07) is 1.54. The smallest absolute Gasteiger partial charge is 0.0136 e. The first-order chi connectivity index (χ1) is 8.20. The first-order valence-electron chi connectivity index (χ1n) is 7.68. The van der Waals surface area contributed by atoms with Gasteiger partial charge in [-0.25, -0.2) is 0 Å². The third-order valence-corrected chi connectivity index (χ3v) is 4.76. The molecule has 0 spiro atoms. The molecule has 2 heteroatoms. The fraction of sp³-hybridized carbons (Fsp3) is 1.00. The number of piperidine rings is 1. The van der Waals surface area contributed by atoms with Crippen molar-refractivity contribution in [2.24, 2.45) is 11.8 Å². The summed E-state index contributed by atoms with van der Waals surface area (Å²) in [6.45, 7) is 10.8. The average molecular weight is 238 g/mol. The number of rotatable bonds is 5. The number of hydrogen-bond donors (Lipinski definition) is 1. The van der Waals surface area contributed by atoms with Gasteiger partial charge in [-0.1, -0.05) is 27.2 Å². The third-order valence-electron chi connectivity index (χ3n) is 4.76. The fourth-order valence-corrected chi connectivity index (χ4v) is 3.39. The predicted octanol–water partition coefficient (Wildman–Crippen LogP) is 2.89. The van der Waals surface area contributed by atoms with Gasteiger partial charge in [-0.3, -0.25) is 4.90 Å². The van der Waals surface area contributed by atoms with Crippen molar-refractivity contribution < 1.29 is 0 Å². The second-order valence-electron chi connectivity index (χ2n) is 6.38. The van der Waals surface area contributed by atoms with Crippen LogP contribution in [0.15, 0.2) is 0 Å². The lowest BCUT2D eigenvalue weighted by Gasteiger charge is -2.48. The molecule has 3 unspecified atom stereocenters. The van der Waals surface area contributed by atoms with Crippen LogP contribution in [0.5, 0.6) is 0 Å². The van der Waals surface area contributed by atoms with Crippen LogP contribution in [0.2, 0.25) is 0 Å². The normalized spacial score (nSPS) is 34.9. The minimum Gasteiger partial charge on any atom is -0.314 e. The molecule has 3 atom stereocenters. The highest BCUT2D eigenvalue weighted by molar-refractivity contribution is 4.92. The molecule has 1 aliphatic carbocycles. The van der Waals surface area contributed by atoms with E-state index in [0.29, 0.717) is 6.04 Å². The Morgan fingerprint density at radius 3 is 2.65 bits per heavy atom. The zero-order valence-corrected chi connectivity index (χ0v) is 11.9. The van der Waals surface area contributed by atoms with Gasteiger partial charge in [0, 0.05) is 18.6 Å². The van der Waals surface area contributed by atoms with Crippen molar-refractivity contribution >= 4 is 0 Å². The van der Waals surface area contributed by atoms with Crippen LogP contribution >= 0.6 is 0 Å². The second kappa shape index (κ2) is 6.19. The van der Waals surface area contributed by atoms with Crippen LogP contribution in [0.1, 0.15) is 52.9 Å². The van der Waals surface area contributed by atoms with Gasteiger partial charge in [0.1, 0.15) is 0 Å². The number of nitrogens with one attached hydrogen (secondary N) is 1. The predicted molar refractivity (Wildman–Crippen MR) is 74.2 cm³/mol. The second-order valence-corrected chi connectivity index (χ2v) is 6.38. The van der Waals surface area contributed by atoms with Crippen molar-refractivity contribution in [1.82, 2.24) is 10.2 Å². The first kappa shape index (κ1) is 13.4. The number of hydrogen-bond acceptors (Lipinski definition) is 2. The third kappa shape index (κ3) is 3.45. The SMILES string of the molecule is CCC1CCCN(C2CCC2CNC(C)C)C1. The summed E-state index contributed by atoms with van der Waals surface area (Å²) in [5.74, 6) is 1.90. The van der Waals surface area contributed by atoms with Crippen molar-refractivity contribution in [2.45, 2.75) is 65.0 Å². The van der Waals surface area contributed by atoms with E-state index in [1.807, 2.05) is 0 Å². The van der Waals surface area contributed by atoms with Crippen LogP contribution in [-0.2, 0) is 0 Å². The Labute approximate surface area is 107 Å². The first-order valence-corrected chi connectivity index (χ1v) is 7.68. The van der Waals surface area contributed by atoms with Crippen LogP contribution < -0.4 is 5.32 Å². The van der Waals surface area contributed by atoms with Crippen molar-refractivity contribution in [3.05, 3.63) is 0 Å². The van der Waals surface area contributed by atoms with Gasteiger partial charge in [-0.05, 0) is 50.6 Å². The van der Waals surface area contributed by atoms with E-state index in [4.69, 9.17) is 0 Å². The van der Waals surface area contributed by atoms with Crippen molar-refractivity contribution in [1.29, 1.82) is 0 Å². The summed E-state index contributed by atoms with van der Waals surface area (Å²) in [5, 5.41) is 3.62. The number of likely N-dealkylation sites (tertiary alicyclic amines) is 1. The Morgan fingerprint density at radius 2 is 2.06 bits per heavy atom. The van der Waals surface area contributed by atoms with Crippen molar-refractivity contribution in [3.63, 3.8) is 0 Å². The Morgan fingerprint density at radius 1 is 1.24 bits per heavy atom. The molecule has 1 aliphatic heterocycles. The molecule has 0 amide bonds. The summed E-state index contributed by atoms with van der Waals surface area (Å²) in [4.78, 5) is 2.80. The summed E-state index contributed by atoms with van der Waals surface area (Å²) < 4.78 is 0. The van der Waals surface area contributed by atoms with E-state index in [-0.39, 0.29) is 0 Å². The Hall–Kier alpha value is -0.0800. The molecule has 1 saturated carbocycles. The molecule has 1 heterocycles. The molecule has 0 radical (unpaired) electrons. The molecule has 1 N–H and O–H groups in total. The minimum absolute atomic E-state index is 0.640. The van der Waals surface area contributed by atoms with Crippen LogP contribution in [0.3, 0.4) is 0 Å². The van der Waals surface area contributed by atoms with E-state index in [2.05, 4.69) is 31.0 Å². The van der Waals surface area contributed by atoms with Crippen LogP contribution in [0, 0.1) is 11.8 Å². The molecule has 2 fully saturated rings. The van der Waals surface area contributed by atoms with Gasteiger partial charge < -0.3 is 5.32 Å². The Kier molecular flexibility index (Phi) is 4.87. The lowest BCUT2D eigenvalue weighted by atomic mass is 9.77. The van der Waals surface area contributed by atoms with Gasteiger partial charge in [-0.2, -0.15) is 0 Å². The summed E-state index contributed by atoms with van der Waals surface area (Å²) in [6.07, 6.45) is 7.16. The van der Waals surface area contributed by atoms with E-state index >= 15 is 0 Å². The molecule has 0 aromatic heterocycles. The lowest BCUT2D eigenvalue weighted by molar-refractivity contribution is 0.0272. The maximum atomic E-state index is 3.62. The van der Waals surface area contributed by atoms with Crippen LogP contribution in [0.25, 0.3) is 0 Å². The summed E-state index contributed by atoms with van der Waals surface area (Å²) in [5.41, 5.74) is 0. The molecule has 100 valence electrons. The van der Waals surface area contributed by atoms with Gasteiger partial charge in [-0.15, -0.1) is 0 Å². The van der Waals surface area contributed by atoms with Crippen LogP contribution in [0.4, 0.5) is 0 Å². The van der Waals surface area contributed by atoms with Gasteiger partial charge >= 0.3 is 0 Å². The molecular formula is C15H30N2. The number of nitrogens with zero attached hydrogens (tertiary/aromatic N) is 1. The zero-order valence-electron chi connectivity index (χ0n) is 11.9. The Bertz CT molecular complexity index is 227. The summed E-state index contributed by atoms with van der Waals surface area (Å²) >= 11 is 0. The monoisotopic (exact) mass is 238 g/mol. The summed E-state index contributed by atoms with van der Waals surface area (Å²) in [7, 11) is 0. The average Bonchev–Trinajstić information content (AvgIpc) is 2.27. The van der Waals surface area contributed by atoms with Crippen molar-refractivity contribution in [2.75, 3.05) is 19.6 Å². The standard InChI is InChI=1S/C15H30N2/c1-4-13-6-5-9-17(11-13)15-8-7-14(15)10-16-12(2)3/h12-16H,4-11H2,1-3H3. The molecule has 0 bridgehead atoms. The minimum atomic E-state index is 0.640. The maximum absolute atomic E-state index is 3.62. The lowest BCUT2D eigenvalue weighted by Crippen LogP contribution is -2.53. The van der Waals surface area contributed by atoms with Gasteiger partial charge in [0.25, 0.3) is 0 Å². The molecule has 2 nitrogen and oxygen atoms in total. The topological polar surface area (TPSA) is 15.3 Å². The zero-order chi connectivity index (χ0) is 12.3. The molecule has 17 heavy (non-hydrogen) atoms. The van der Waals surface area contributed by atoms with E-state index < -0.39 is 0 Å². The Balaban J connectivity index is 1.77. The maximum Gasteiger partial charge on any atom is 0.0136 e. The molecule has 0 aromatic carbocycles. The fourth-order valence-electron chi connectivity index (χ4n) is 3.39. The molecule has 1 saturated heterocycles. The molecule has 0 aromatic rings. The van der Waals surface area contributed by atoms with E-state index in [1.165, 1.54) is 51.7 Å². The van der Waals surface area contributed by atoms with Gasteiger partial charge in [0.05, 0.1) is 0 Å². The van der Waals surface area contributed by atoms with E-state index in [0.717, 1.165) is 17.9 Å².